The maximum Gasteiger partial charge on any atom is 0.105 e. The van der Waals surface area contributed by atoms with Gasteiger partial charge in [0.2, 0.25) is 0 Å². The van der Waals surface area contributed by atoms with E-state index < -0.39 is 0 Å². The molecule has 0 N–H and O–H groups in total. The van der Waals surface area contributed by atoms with Crippen LogP contribution in [0.4, 0.5) is 0 Å². The average molecular weight is 567 g/mol. The maximum atomic E-state index is 2.64. The van der Waals surface area contributed by atoms with E-state index in [9.17, 15) is 0 Å². The van der Waals surface area contributed by atoms with Gasteiger partial charge >= 0.3 is 0 Å². The van der Waals surface area contributed by atoms with Crippen LogP contribution in [0.1, 0.15) is 180 Å². The topological polar surface area (TPSA) is 6.48 Å². The van der Waals surface area contributed by atoms with Gasteiger partial charge in [-0.15, -0.1) is 0 Å². The van der Waals surface area contributed by atoms with Gasteiger partial charge in [-0.1, -0.05) is 192 Å². The molecule has 1 heterocycles. The molecule has 1 aromatic carbocycles. The molecular weight excluding hydrogens is 496 g/mol. The summed E-state index contributed by atoms with van der Waals surface area (Å²) in [4.78, 5) is 5.29. The predicted octanol–water partition coefficient (Wildman–Crippen LogP) is 12.4. The lowest BCUT2D eigenvalue weighted by Crippen LogP contribution is -2.41. The van der Waals surface area contributed by atoms with Crippen LogP contribution in [0, 0.1) is 0 Å². The van der Waals surface area contributed by atoms with Gasteiger partial charge in [0.25, 0.3) is 0 Å². The molecule has 1 aliphatic rings. The first-order chi connectivity index (χ1) is 20.3. The average Bonchev–Trinajstić information content (AvgIpc) is 3.37. The van der Waals surface area contributed by atoms with Crippen LogP contribution in [-0.2, 0) is 6.42 Å². The van der Waals surface area contributed by atoms with E-state index in [1.165, 1.54) is 179 Å². The minimum Gasteiger partial charge on any atom is -0.356 e. The predicted molar refractivity (Wildman–Crippen MR) is 183 cm³/mol. The van der Waals surface area contributed by atoms with Gasteiger partial charge < -0.3 is 9.80 Å². The summed E-state index contributed by atoms with van der Waals surface area (Å²) >= 11 is 0. The largest absolute Gasteiger partial charge is 0.356 e. The number of hydrogen-bond donors (Lipinski definition) is 0. The van der Waals surface area contributed by atoms with E-state index in [1.807, 2.05) is 0 Å². The second-order valence-electron chi connectivity index (χ2n) is 13.1. The monoisotopic (exact) mass is 567 g/mol. The van der Waals surface area contributed by atoms with Gasteiger partial charge in [0.15, 0.2) is 0 Å². The van der Waals surface area contributed by atoms with E-state index in [2.05, 4.69) is 66.4 Å². The second-order valence-corrected chi connectivity index (χ2v) is 13.1. The molecule has 0 fully saturated rings. The number of benzene rings is 1. The Hall–Kier alpha value is -1.44. The molecule has 0 radical (unpaired) electrons. The van der Waals surface area contributed by atoms with Crippen LogP contribution in [0.5, 0.6) is 0 Å². The van der Waals surface area contributed by atoms with Crippen LogP contribution >= 0.6 is 0 Å². The van der Waals surface area contributed by atoms with Gasteiger partial charge in [-0.25, -0.2) is 0 Å². The normalized spacial score (nSPS) is 14.9. The van der Waals surface area contributed by atoms with Gasteiger partial charge in [0.05, 0.1) is 0 Å². The lowest BCUT2D eigenvalue weighted by molar-refractivity contribution is 0.148. The smallest absolute Gasteiger partial charge is 0.105 e. The zero-order chi connectivity index (χ0) is 29.1. The van der Waals surface area contributed by atoms with E-state index in [0.29, 0.717) is 6.17 Å². The third kappa shape index (κ3) is 18.7. The molecule has 2 heteroatoms. The first-order valence-electron chi connectivity index (χ1n) is 18.6. The van der Waals surface area contributed by atoms with E-state index in [-0.39, 0.29) is 0 Å². The van der Waals surface area contributed by atoms with Gasteiger partial charge in [-0.2, -0.15) is 0 Å². The van der Waals surface area contributed by atoms with Crippen molar-refractivity contribution in [2.24, 2.45) is 0 Å². The Kier molecular flexibility index (Phi) is 22.9. The van der Waals surface area contributed by atoms with Crippen molar-refractivity contribution in [1.29, 1.82) is 0 Å². The highest BCUT2D eigenvalue weighted by Gasteiger charge is 2.25. The molecule has 1 aromatic rings. The molecule has 0 amide bonds. The Morgan fingerprint density at radius 1 is 0.415 bits per heavy atom. The van der Waals surface area contributed by atoms with Crippen molar-refractivity contribution in [2.75, 3.05) is 13.1 Å². The highest BCUT2D eigenvalue weighted by atomic mass is 15.4. The second kappa shape index (κ2) is 26.2. The van der Waals surface area contributed by atoms with Crippen LogP contribution in [0.3, 0.4) is 0 Å². The number of nitrogens with zero attached hydrogens (tertiary/aromatic N) is 2. The molecule has 2 nitrogen and oxygen atoms in total. The third-order valence-electron chi connectivity index (χ3n) is 9.27. The van der Waals surface area contributed by atoms with Crippen molar-refractivity contribution in [3.63, 3.8) is 0 Å². The van der Waals surface area contributed by atoms with Crippen LogP contribution < -0.4 is 0 Å². The number of unbranched alkanes of at least 4 members (excludes halogenated alkanes) is 23. The lowest BCUT2D eigenvalue weighted by atomic mass is 10.0. The molecule has 0 spiro atoms. The SMILES string of the molecule is CCCCCCCCCCCCCCCN1C=CN(CCCCCCCCCCCCCC)C1Cc1ccccc1. The van der Waals surface area contributed by atoms with Crippen molar-refractivity contribution in [3.8, 4) is 0 Å². The lowest BCUT2D eigenvalue weighted by Gasteiger charge is -2.33. The molecule has 1 unspecified atom stereocenters. The molecule has 236 valence electrons. The summed E-state index contributed by atoms with van der Waals surface area (Å²) in [5.41, 5.74) is 1.47. The van der Waals surface area contributed by atoms with E-state index >= 15 is 0 Å². The molecule has 0 saturated carbocycles. The van der Waals surface area contributed by atoms with E-state index in [1.54, 1.807) is 0 Å². The minimum atomic E-state index is 0.502. The van der Waals surface area contributed by atoms with Gasteiger partial charge in [-0.3, -0.25) is 0 Å². The van der Waals surface area contributed by atoms with Crippen molar-refractivity contribution in [1.82, 2.24) is 9.80 Å². The number of rotatable bonds is 29. The quantitative estimate of drug-likeness (QED) is 0.0890. The maximum absolute atomic E-state index is 2.64. The minimum absolute atomic E-state index is 0.502. The Morgan fingerprint density at radius 3 is 1.07 bits per heavy atom. The van der Waals surface area contributed by atoms with Crippen molar-refractivity contribution < 1.29 is 0 Å². The summed E-state index contributed by atoms with van der Waals surface area (Å²) in [7, 11) is 0. The Balaban J connectivity index is 1.55. The summed E-state index contributed by atoms with van der Waals surface area (Å²) in [6, 6.07) is 11.2. The highest BCUT2D eigenvalue weighted by molar-refractivity contribution is 5.17. The first-order valence-corrected chi connectivity index (χ1v) is 18.6. The molecule has 0 saturated heterocycles. The van der Waals surface area contributed by atoms with Crippen molar-refractivity contribution in [3.05, 3.63) is 48.3 Å². The zero-order valence-corrected chi connectivity index (χ0v) is 27.8. The highest BCUT2D eigenvalue weighted by Crippen LogP contribution is 2.23. The van der Waals surface area contributed by atoms with E-state index in [0.717, 1.165) is 6.42 Å². The Morgan fingerprint density at radius 2 is 0.732 bits per heavy atom. The molecule has 0 aromatic heterocycles. The molecule has 1 atom stereocenters. The molecule has 2 rings (SSSR count). The van der Waals surface area contributed by atoms with Crippen molar-refractivity contribution in [2.45, 2.75) is 187 Å². The molecule has 0 bridgehead atoms. The molecule has 41 heavy (non-hydrogen) atoms. The van der Waals surface area contributed by atoms with Gasteiger partial charge in [0.1, 0.15) is 6.17 Å². The summed E-state index contributed by atoms with van der Waals surface area (Å²) in [5.74, 6) is 0. The van der Waals surface area contributed by atoms with E-state index in [4.69, 9.17) is 0 Å². The van der Waals surface area contributed by atoms with Crippen LogP contribution in [-0.4, -0.2) is 29.1 Å². The summed E-state index contributed by atoms with van der Waals surface area (Å²) in [5, 5.41) is 0. The summed E-state index contributed by atoms with van der Waals surface area (Å²) in [6.45, 7) is 7.03. The van der Waals surface area contributed by atoms with Crippen molar-refractivity contribution >= 4 is 0 Å². The molecule has 0 aliphatic carbocycles. The van der Waals surface area contributed by atoms with Gasteiger partial charge in [-0.05, 0) is 18.4 Å². The molecular formula is C39H70N2. The standard InChI is InChI=1S/C39H70N2/c1-3-5-7-9-11-13-15-17-19-21-23-25-30-34-41-36-35-40(39(41)37-38-31-27-26-28-32-38)33-29-24-22-20-18-16-14-12-10-8-6-4-2/h26-28,31-32,35-36,39H,3-25,29-30,33-34,37H2,1-2H3. The number of hydrogen-bond acceptors (Lipinski definition) is 2. The fourth-order valence-electron chi connectivity index (χ4n) is 6.51. The summed E-state index contributed by atoms with van der Waals surface area (Å²) < 4.78 is 0. The fraction of sp³-hybridized carbons (Fsp3) is 0.795. The third-order valence-corrected chi connectivity index (χ3v) is 9.27. The first kappa shape index (κ1) is 35.8. The van der Waals surface area contributed by atoms with Gasteiger partial charge in [0, 0.05) is 31.9 Å². The fourth-order valence-corrected chi connectivity index (χ4v) is 6.51. The van der Waals surface area contributed by atoms with Crippen LogP contribution in [0.25, 0.3) is 0 Å². The summed E-state index contributed by atoms with van der Waals surface area (Å²) in [6.07, 6.45) is 42.1. The van der Waals surface area contributed by atoms with Crippen LogP contribution in [0.2, 0.25) is 0 Å². The Labute approximate surface area is 257 Å². The Bertz CT molecular complexity index is 699. The van der Waals surface area contributed by atoms with Crippen LogP contribution in [0.15, 0.2) is 42.7 Å². The molecule has 1 aliphatic heterocycles. The zero-order valence-electron chi connectivity index (χ0n) is 27.8.